The molecule has 0 spiro atoms. The molecule has 0 aromatic heterocycles. The van der Waals surface area contributed by atoms with Crippen LogP contribution in [-0.4, -0.2) is 53.7 Å². The summed E-state index contributed by atoms with van der Waals surface area (Å²) in [6.45, 7) is 5.41. The molecule has 0 aromatic rings. The lowest BCUT2D eigenvalue weighted by Gasteiger charge is -2.32. The number of carboxylic acid groups (broad SMARTS) is 1. The van der Waals surface area contributed by atoms with Crippen molar-refractivity contribution >= 4 is 12.0 Å². The third kappa shape index (κ3) is 4.88. The van der Waals surface area contributed by atoms with E-state index in [1.54, 1.807) is 0 Å². The summed E-state index contributed by atoms with van der Waals surface area (Å²) in [7, 11) is 0. The first kappa shape index (κ1) is 16.1. The molecule has 0 bridgehead atoms. The molecule has 6 nitrogen and oxygen atoms in total. The van der Waals surface area contributed by atoms with Crippen LogP contribution in [0.2, 0.25) is 0 Å². The zero-order chi connectivity index (χ0) is 15.2. The molecule has 2 atom stereocenters. The standard InChI is InChI=1S/C15H27N3O3/c1-2-7-18-8-5-12(6-9-18)16-15(21)17-13-4-3-11(10-13)14(19)20/h11-13H,2-10H2,1H3,(H,19,20)(H2,16,17,21)/t11-,13+/m1/s1. The molecule has 1 saturated carbocycles. The minimum absolute atomic E-state index is 0.00582. The van der Waals surface area contributed by atoms with Gasteiger partial charge in [0.1, 0.15) is 0 Å². The number of aliphatic carboxylic acids is 1. The fraction of sp³-hybridized carbons (Fsp3) is 0.867. The van der Waals surface area contributed by atoms with Gasteiger partial charge in [0.15, 0.2) is 0 Å². The number of hydrogen-bond acceptors (Lipinski definition) is 3. The van der Waals surface area contributed by atoms with Crippen LogP contribution in [-0.2, 0) is 4.79 Å². The normalized spacial score (nSPS) is 27.5. The largest absolute Gasteiger partial charge is 0.481 e. The molecule has 0 unspecified atom stereocenters. The summed E-state index contributed by atoms with van der Waals surface area (Å²) in [4.78, 5) is 25.3. The van der Waals surface area contributed by atoms with Crippen molar-refractivity contribution < 1.29 is 14.7 Å². The predicted molar refractivity (Wildman–Crippen MR) is 80.2 cm³/mol. The van der Waals surface area contributed by atoms with E-state index in [2.05, 4.69) is 22.5 Å². The predicted octanol–water partition coefficient (Wildman–Crippen LogP) is 1.41. The molecule has 1 heterocycles. The van der Waals surface area contributed by atoms with E-state index in [1.165, 1.54) is 6.42 Å². The first-order valence-electron chi connectivity index (χ1n) is 8.10. The van der Waals surface area contributed by atoms with E-state index in [-0.39, 0.29) is 24.0 Å². The number of nitrogens with one attached hydrogen (secondary N) is 2. The topological polar surface area (TPSA) is 81.7 Å². The highest BCUT2D eigenvalue weighted by molar-refractivity contribution is 5.75. The molecule has 1 aliphatic carbocycles. The third-order valence-electron chi connectivity index (χ3n) is 4.58. The van der Waals surface area contributed by atoms with Gasteiger partial charge in [0.25, 0.3) is 0 Å². The third-order valence-corrected chi connectivity index (χ3v) is 4.58. The zero-order valence-electron chi connectivity index (χ0n) is 12.8. The number of rotatable bonds is 5. The molecule has 0 radical (unpaired) electrons. The first-order valence-corrected chi connectivity index (χ1v) is 8.10. The molecule has 21 heavy (non-hydrogen) atoms. The fourth-order valence-corrected chi connectivity index (χ4v) is 3.37. The molecule has 2 fully saturated rings. The number of nitrogens with zero attached hydrogens (tertiary/aromatic N) is 1. The van der Waals surface area contributed by atoms with Crippen LogP contribution in [0.25, 0.3) is 0 Å². The highest BCUT2D eigenvalue weighted by Crippen LogP contribution is 2.25. The Bertz CT molecular complexity index is 367. The maximum absolute atomic E-state index is 12.0. The second-order valence-electron chi connectivity index (χ2n) is 6.28. The van der Waals surface area contributed by atoms with E-state index in [0.717, 1.165) is 38.9 Å². The smallest absolute Gasteiger partial charge is 0.315 e. The van der Waals surface area contributed by atoms with Gasteiger partial charge in [0, 0.05) is 25.2 Å². The van der Waals surface area contributed by atoms with E-state index in [4.69, 9.17) is 5.11 Å². The summed E-state index contributed by atoms with van der Waals surface area (Å²) in [5.74, 6) is -1.05. The Hall–Kier alpha value is -1.30. The van der Waals surface area contributed by atoms with Crippen LogP contribution in [0.3, 0.4) is 0 Å². The molecule has 0 aromatic carbocycles. The van der Waals surface area contributed by atoms with Gasteiger partial charge in [-0.2, -0.15) is 0 Å². The van der Waals surface area contributed by atoms with Crippen molar-refractivity contribution in [1.82, 2.24) is 15.5 Å². The van der Waals surface area contributed by atoms with E-state index >= 15 is 0 Å². The molecule has 1 saturated heterocycles. The number of piperidine rings is 1. The summed E-state index contributed by atoms with van der Waals surface area (Å²) in [6.07, 6.45) is 5.14. The number of carbonyl (C=O) groups excluding carboxylic acids is 1. The molecule has 3 N–H and O–H groups in total. The van der Waals surface area contributed by atoms with Gasteiger partial charge in [-0.15, -0.1) is 0 Å². The number of carboxylic acids is 1. The first-order chi connectivity index (χ1) is 10.1. The second-order valence-corrected chi connectivity index (χ2v) is 6.28. The Morgan fingerprint density at radius 1 is 1.10 bits per heavy atom. The average Bonchev–Trinajstić information content (AvgIpc) is 2.90. The van der Waals surface area contributed by atoms with Gasteiger partial charge in [-0.25, -0.2) is 4.79 Å². The molecular weight excluding hydrogens is 270 g/mol. The van der Waals surface area contributed by atoms with E-state index < -0.39 is 5.97 Å². The fourth-order valence-electron chi connectivity index (χ4n) is 3.37. The number of urea groups is 1. The highest BCUT2D eigenvalue weighted by Gasteiger charge is 2.31. The van der Waals surface area contributed by atoms with Crippen LogP contribution in [0, 0.1) is 5.92 Å². The summed E-state index contributed by atoms with van der Waals surface area (Å²) in [6, 6.07) is 0.112. The highest BCUT2D eigenvalue weighted by atomic mass is 16.4. The van der Waals surface area contributed by atoms with Crippen molar-refractivity contribution in [3.63, 3.8) is 0 Å². The quantitative estimate of drug-likeness (QED) is 0.716. The number of likely N-dealkylation sites (tertiary alicyclic amines) is 1. The minimum Gasteiger partial charge on any atom is -0.481 e. The minimum atomic E-state index is -0.747. The van der Waals surface area contributed by atoms with Gasteiger partial charge in [0.05, 0.1) is 5.92 Å². The summed E-state index contributed by atoms with van der Waals surface area (Å²) >= 11 is 0. The Morgan fingerprint density at radius 3 is 2.33 bits per heavy atom. The van der Waals surface area contributed by atoms with Gasteiger partial charge in [-0.1, -0.05) is 6.92 Å². The Morgan fingerprint density at radius 2 is 1.76 bits per heavy atom. The van der Waals surface area contributed by atoms with Crippen molar-refractivity contribution in [2.24, 2.45) is 5.92 Å². The molecule has 1 aliphatic heterocycles. The maximum Gasteiger partial charge on any atom is 0.315 e. The second kappa shape index (κ2) is 7.64. The molecule has 2 aliphatic rings. The molecular formula is C15H27N3O3. The van der Waals surface area contributed by atoms with Crippen LogP contribution in [0.15, 0.2) is 0 Å². The van der Waals surface area contributed by atoms with Gasteiger partial charge in [0.2, 0.25) is 0 Å². The lowest BCUT2D eigenvalue weighted by Crippen LogP contribution is -2.49. The summed E-state index contributed by atoms with van der Waals surface area (Å²) in [5, 5.41) is 14.9. The SMILES string of the molecule is CCCN1CCC(NC(=O)N[C@H]2CC[C@@H](C(=O)O)C2)CC1. The van der Waals surface area contributed by atoms with Crippen LogP contribution in [0.5, 0.6) is 0 Å². The Labute approximate surface area is 126 Å². The van der Waals surface area contributed by atoms with Crippen molar-refractivity contribution in [2.75, 3.05) is 19.6 Å². The van der Waals surface area contributed by atoms with Crippen LogP contribution in [0.4, 0.5) is 4.79 Å². The van der Waals surface area contributed by atoms with Crippen molar-refractivity contribution in [1.29, 1.82) is 0 Å². The number of carbonyl (C=O) groups is 2. The van der Waals surface area contributed by atoms with E-state index in [0.29, 0.717) is 12.8 Å². The van der Waals surface area contributed by atoms with Crippen molar-refractivity contribution in [3.8, 4) is 0 Å². The Balaban J connectivity index is 1.65. The Kier molecular flexibility index (Phi) is 5.85. The molecule has 120 valence electrons. The summed E-state index contributed by atoms with van der Waals surface area (Å²) < 4.78 is 0. The maximum atomic E-state index is 12.0. The molecule has 2 rings (SSSR count). The summed E-state index contributed by atoms with van der Waals surface area (Å²) in [5.41, 5.74) is 0. The molecule has 2 amide bonds. The monoisotopic (exact) mass is 297 g/mol. The zero-order valence-corrected chi connectivity index (χ0v) is 12.8. The van der Waals surface area contributed by atoms with Gasteiger partial charge in [-0.05, 0) is 45.1 Å². The van der Waals surface area contributed by atoms with E-state index in [1.807, 2.05) is 0 Å². The average molecular weight is 297 g/mol. The lowest BCUT2D eigenvalue weighted by molar-refractivity contribution is -0.141. The van der Waals surface area contributed by atoms with Crippen LogP contribution in [0.1, 0.15) is 45.4 Å². The molecule has 6 heteroatoms. The van der Waals surface area contributed by atoms with Gasteiger partial charge >= 0.3 is 12.0 Å². The number of amides is 2. The van der Waals surface area contributed by atoms with Gasteiger partial charge in [-0.3, -0.25) is 4.79 Å². The lowest BCUT2D eigenvalue weighted by atomic mass is 10.1. The van der Waals surface area contributed by atoms with Crippen molar-refractivity contribution in [2.45, 2.75) is 57.5 Å². The van der Waals surface area contributed by atoms with Crippen molar-refractivity contribution in [3.05, 3.63) is 0 Å². The van der Waals surface area contributed by atoms with Crippen LogP contribution < -0.4 is 10.6 Å². The van der Waals surface area contributed by atoms with E-state index in [9.17, 15) is 9.59 Å². The number of hydrogen-bond donors (Lipinski definition) is 3. The van der Waals surface area contributed by atoms with Crippen LogP contribution >= 0.6 is 0 Å². The van der Waals surface area contributed by atoms with Gasteiger partial charge < -0.3 is 20.6 Å².